The second-order valence-electron chi connectivity index (χ2n) is 6.03. The van der Waals surface area contributed by atoms with Crippen LogP contribution < -0.4 is 11.1 Å². The molecule has 0 radical (unpaired) electrons. The number of anilines is 1. The van der Waals surface area contributed by atoms with Gasteiger partial charge in [0.2, 0.25) is 5.91 Å². The van der Waals surface area contributed by atoms with Gasteiger partial charge in [-0.3, -0.25) is 9.59 Å². The van der Waals surface area contributed by atoms with Gasteiger partial charge in [0, 0.05) is 36.8 Å². The van der Waals surface area contributed by atoms with Gasteiger partial charge in [0.25, 0.3) is 5.91 Å². The van der Waals surface area contributed by atoms with E-state index in [1.165, 1.54) is 0 Å². The van der Waals surface area contributed by atoms with Crippen LogP contribution in [0.15, 0.2) is 18.2 Å². The molecule has 0 spiro atoms. The molecule has 2 fully saturated rings. The number of likely N-dealkylation sites (tertiary alicyclic amines) is 1. The lowest BCUT2D eigenvalue weighted by Crippen LogP contribution is -2.55. The number of amides is 2. The molecule has 1 aromatic carbocycles. The lowest BCUT2D eigenvalue weighted by atomic mass is 9.85. The van der Waals surface area contributed by atoms with Crippen LogP contribution in [0.1, 0.15) is 35.2 Å². The van der Waals surface area contributed by atoms with E-state index in [2.05, 4.69) is 5.32 Å². The van der Waals surface area contributed by atoms with Gasteiger partial charge in [0.15, 0.2) is 0 Å². The fraction of sp³-hybridized carbons (Fsp3) is 0.500. The standard InChI is InChI=1S/C16H21N3O2/c1-10-12(3-2-4-13(10)17)16(21)19-8-7-14-11(9-19)5-6-15(20)18-14/h2-4,11,14H,5-9,17H2,1H3,(H,18,20). The number of carbonyl (C=O) groups excluding carboxylic acids is 2. The number of piperidine rings is 2. The average Bonchev–Trinajstić information content (AvgIpc) is 2.49. The Kier molecular flexibility index (Phi) is 3.57. The van der Waals surface area contributed by atoms with Crippen LogP contribution in [0.3, 0.4) is 0 Å². The number of nitrogens with one attached hydrogen (secondary N) is 1. The van der Waals surface area contributed by atoms with Crippen molar-refractivity contribution in [1.29, 1.82) is 0 Å². The topological polar surface area (TPSA) is 75.4 Å². The normalized spacial score (nSPS) is 25.2. The van der Waals surface area contributed by atoms with Crippen molar-refractivity contribution >= 4 is 17.5 Å². The quantitative estimate of drug-likeness (QED) is 0.765. The van der Waals surface area contributed by atoms with Crippen LogP contribution in [-0.2, 0) is 4.79 Å². The van der Waals surface area contributed by atoms with E-state index in [1.54, 1.807) is 0 Å². The Morgan fingerprint density at radius 1 is 1.38 bits per heavy atom. The van der Waals surface area contributed by atoms with Gasteiger partial charge >= 0.3 is 0 Å². The molecule has 2 aliphatic rings. The molecule has 0 aromatic heterocycles. The van der Waals surface area contributed by atoms with E-state index in [4.69, 9.17) is 5.73 Å². The van der Waals surface area contributed by atoms with E-state index < -0.39 is 0 Å². The molecule has 2 amide bonds. The maximum absolute atomic E-state index is 12.7. The van der Waals surface area contributed by atoms with Crippen LogP contribution in [-0.4, -0.2) is 35.8 Å². The number of nitrogens with zero attached hydrogens (tertiary/aromatic N) is 1. The van der Waals surface area contributed by atoms with Gasteiger partial charge in [0.05, 0.1) is 0 Å². The number of carbonyl (C=O) groups is 2. The predicted molar refractivity (Wildman–Crippen MR) is 80.8 cm³/mol. The molecule has 2 unspecified atom stereocenters. The number of hydrogen-bond donors (Lipinski definition) is 2. The zero-order valence-electron chi connectivity index (χ0n) is 12.3. The molecule has 2 saturated heterocycles. The Balaban J connectivity index is 1.75. The van der Waals surface area contributed by atoms with E-state index in [9.17, 15) is 9.59 Å². The van der Waals surface area contributed by atoms with Gasteiger partial charge in [-0.25, -0.2) is 0 Å². The molecule has 0 saturated carbocycles. The highest BCUT2D eigenvalue weighted by molar-refractivity contribution is 5.97. The Hall–Kier alpha value is -2.04. The summed E-state index contributed by atoms with van der Waals surface area (Å²) in [6, 6.07) is 5.71. The fourth-order valence-corrected chi connectivity index (χ4v) is 3.35. The molecule has 5 nitrogen and oxygen atoms in total. The second-order valence-corrected chi connectivity index (χ2v) is 6.03. The SMILES string of the molecule is Cc1c(N)cccc1C(=O)N1CCC2NC(=O)CCC2C1. The molecule has 5 heteroatoms. The monoisotopic (exact) mass is 287 g/mol. The Labute approximate surface area is 124 Å². The van der Waals surface area contributed by atoms with Gasteiger partial charge in [0.1, 0.15) is 0 Å². The minimum absolute atomic E-state index is 0.0511. The first-order chi connectivity index (χ1) is 10.1. The summed E-state index contributed by atoms with van der Waals surface area (Å²) >= 11 is 0. The molecule has 21 heavy (non-hydrogen) atoms. The predicted octanol–water partition coefficient (Wildman–Crippen LogP) is 1.32. The summed E-state index contributed by atoms with van der Waals surface area (Å²) in [5, 5.41) is 3.04. The molecular formula is C16H21N3O2. The number of benzene rings is 1. The molecule has 3 N–H and O–H groups in total. The first-order valence-electron chi connectivity index (χ1n) is 7.50. The van der Waals surface area contributed by atoms with Gasteiger partial charge < -0.3 is 16.0 Å². The molecule has 0 aliphatic carbocycles. The number of rotatable bonds is 1. The molecule has 3 rings (SSSR count). The van der Waals surface area contributed by atoms with Gasteiger partial charge in [-0.15, -0.1) is 0 Å². The maximum Gasteiger partial charge on any atom is 0.254 e. The van der Waals surface area contributed by atoms with Crippen molar-refractivity contribution < 1.29 is 9.59 Å². The summed E-state index contributed by atoms with van der Waals surface area (Å²) in [5.74, 6) is 0.569. The van der Waals surface area contributed by atoms with Crippen molar-refractivity contribution in [3.63, 3.8) is 0 Å². The third-order valence-corrected chi connectivity index (χ3v) is 4.72. The van der Waals surface area contributed by atoms with Crippen molar-refractivity contribution in [1.82, 2.24) is 10.2 Å². The molecular weight excluding hydrogens is 266 g/mol. The van der Waals surface area contributed by atoms with E-state index in [-0.39, 0.29) is 17.9 Å². The van der Waals surface area contributed by atoms with Gasteiger partial charge in [-0.1, -0.05) is 6.07 Å². The number of nitrogen functional groups attached to an aromatic ring is 1. The zero-order valence-corrected chi connectivity index (χ0v) is 12.3. The van der Waals surface area contributed by atoms with Gasteiger partial charge in [-0.2, -0.15) is 0 Å². The van der Waals surface area contributed by atoms with Crippen molar-refractivity contribution in [2.75, 3.05) is 18.8 Å². The summed E-state index contributed by atoms with van der Waals surface area (Å²) in [6.07, 6.45) is 2.28. The molecule has 2 atom stereocenters. The van der Waals surface area contributed by atoms with E-state index in [0.29, 0.717) is 30.1 Å². The van der Waals surface area contributed by atoms with Crippen LogP contribution in [0.25, 0.3) is 0 Å². The highest BCUT2D eigenvalue weighted by Gasteiger charge is 2.35. The van der Waals surface area contributed by atoms with Crippen LogP contribution in [0, 0.1) is 12.8 Å². The summed E-state index contributed by atoms with van der Waals surface area (Å²) in [4.78, 5) is 26.0. The second kappa shape index (κ2) is 5.39. The zero-order chi connectivity index (χ0) is 15.0. The van der Waals surface area contributed by atoms with Crippen LogP contribution in [0.5, 0.6) is 0 Å². The Morgan fingerprint density at radius 2 is 2.19 bits per heavy atom. The molecule has 1 aromatic rings. The average molecular weight is 287 g/mol. The third-order valence-electron chi connectivity index (χ3n) is 4.72. The lowest BCUT2D eigenvalue weighted by molar-refractivity contribution is -0.125. The third kappa shape index (κ3) is 2.60. The summed E-state index contributed by atoms with van der Waals surface area (Å²) in [6.45, 7) is 3.29. The van der Waals surface area contributed by atoms with Crippen molar-refractivity contribution in [2.45, 2.75) is 32.2 Å². The highest BCUT2D eigenvalue weighted by Crippen LogP contribution is 2.27. The first-order valence-corrected chi connectivity index (χ1v) is 7.50. The lowest BCUT2D eigenvalue weighted by Gasteiger charge is -2.41. The van der Waals surface area contributed by atoms with Crippen LogP contribution >= 0.6 is 0 Å². The number of hydrogen-bond acceptors (Lipinski definition) is 3. The van der Waals surface area contributed by atoms with Crippen molar-refractivity contribution in [3.05, 3.63) is 29.3 Å². The van der Waals surface area contributed by atoms with Crippen LogP contribution in [0.2, 0.25) is 0 Å². The van der Waals surface area contributed by atoms with E-state index in [0.717, 1.165) is 24.9 Å². The smallest absolute Gasteiger partial charge is 0.254 e. The summed E-state index contributed by atoms with van der Waals surface area (Å²) in [7, 11) is 0. The van der Waals surface area contributed by atoms with Crippen molar-refractivity contribution in [3.8, 4) is 0 Å². The van der Waals surface area contributed by atoms with E-state index in [1.807, 2.05) is 30.0 Å². The fourth-order valence-electron chi connectivity index (χ4n) is 3.35. The molecule has 2 aliphatic heterocycles. The number of fused-ring (bicyclic) bond motifs is 1. The summed E-state index contributed by atoms with van der Waals surface area (Å²) < 4.78 is 0. The largest absolute Gasteiger partial charge is 0.398 e. The number of nitrogens with two attached hydrogens (primary N) is 1. The van der Waals surface area contributed by atoms with Crippen molar-refractivity contribution in [2.24, 2.45) is 5.92 Å². The Morgan fingerprint density at radius 3 is 3.00 bits per heavy atom. The molecule has 0 bridgehead atoms. The maximum atomic E-state index is 12.7. The minimum Gasteiger partial charge on any atom is -0.398 e. The summed E-state index contributed by atoms with van der Waals surface area (Å²) in [5.41, 5.74) is 8.08. The van der Waals surface area contributed by atoms with Gasteiger partial charge in [-0.05, 0) is 43.4 Å². The molecule has 2 heterocycles. The highest BCUT2D eigenvalue weighted by atomic mass is 16.2. The van der Waals surface area contributed by atoms with Crippen LogP contribution in [0.4, 0.5) is 5.69 Å². The Bertz CT molecular complexity index is 585. The van der Waals surface area contributed by atoms with E-state index >= 15 is 0 Å². The first kappa shape index (κ1) is 13.9. The molecule has 112 valence electrons. The minimum atomic E-state index is 0.0511.